The third-order valence-electron chi connectivity index (χ3n) is 1.82. The fourth-order valence-electron chi connectivity index (χ4n) is 1.18. The predicted octanol–water partition coefficient (Wildman–Crippen LogP) is 0.968. The third-order valence-corrected chi connectivity index (χ3v) is 1.82. The lowest BCUT2D eigenvalue weighted by atomic mass is 10.3. The third kappa shape index (κ3) is 3.06. The van der Waals surface area contributed by atoms with E-state index in [1.54, 1.807) is 6.08 Å². The van der Waals surface area contributed by atoms with Crippen LogP contribution in [0.5, 0.6) is 0 Å². The van der Waals surface area contributed by atoms with Gasteiger partial charge >= 0.3 is 5.97 Å². The molecule has 0 atom stereocenters. The topological polar surface area (TPSA) is 62.5 Å². The number of rotatable bonds is 5. The monoisotopic (exact) mass is 195 g/mol. The van der Waals surface area contributed by atoms with Crippen LogP contribution < -0.4 is 0 Å². The first-order chi connectivity index (χ1) is 6.74. The summed E-state index contributed by atoms with van der Waals surface area (Å²) in [7, 11) is 0. The highest BCUT2D eigenvalue weighted by Gasteiger charge is 1.96. The Balaban J connectivity index is 2.67. The van der Waals surface area contributed by atoms with E-state index in [0.717, 1.165) is 11.8 Å². The minimum Gasteiger partial charge on any atom is -0.478 e. The Hall–Kier alpha value is -1.55. The average Bonchev–Trinajstić information content (AvgIpc) is 2.58. The van der Waals surface area contributed by atoms with E-state index in [1.807, 2.05) is 22.9 Å². The predicted molar refractivity (Wildman–Crippen MR) is 52.8 cm³/mol. The summed E-state index contributed by atoms with van der Waals surface area (Å²) in [6.07, 6.45) is 5.17. The van der Waals surface area contributed by atoms with Gasteiger partial charge in [0.2, 0.25) is 0 Å². The molecule has 1 heterocycles. The van der Waals surface area contributed by atoms with Crippen LogP contribution in [0.25, 0.3) is 6.08 Å². The van der Waals surface area contributed by atoms with Gasteiger partial charge in [-0.1, -0.05) is 0 Å². The fourth-order valence-corrected chi connectivity index (χ4v) is 1.18. The van der Waals surface area contributed by atoms with Crippen molar-refractivity contribution in [1.82, 2.24) is 4.57 Å². The first-order valence-electron chi connectivity index (χ1n) is 4.41. The van der Waals surface area contributed by atoms with Gasteiger partial charge in [-0.05, 0) is 24.6 Å². The molecular weight excluding hydrogens is 182 g/mol. The largest absolute Gasteiger partial charge is 0.478 e. The normalized spacial score (nSPS) is 10.9. The van der Waals surface area contributed by atoms with E-state index < -0.39 is 5.97 Å². The molecule has 14 heavy (non-hydrogen) atoms. The van der Waals surface area contributed by atoms with Crippen LogP contribution in [-0.2, 0) is 11.3 Å². The van der Waals surface area contributed by atoms with E-state index in [2.05, 4.69) is 0 Å². The van der Waals surface area contributed by atoms with Crippen molar-refractivity contribution in [3.63, 3.8) is 0 Å². The summed E-state index contributed by atoms with van der Waals surface area (Å²) >= 11 is 0. The second-order valence-electron chi connectivity index (χ2n) is 2.88. The zero-order chi connectivity index (χ0) is 10.4. The molecule has 4 heteroatoms. The molecule has 4 nitrogen and oxygen atoms in total. The Kier molecular flexibility index (Phi) is 3.94. The highest BCUT2D eigenvalue weighted by molar-refractivity contribution is 5.84. The molecule has 0 aliphatic carbocycles. The summed E-state index contributed by atoms with van der Waals surface area (Å²) in [4.78, 5) is 10.3. The number of hydrogen-bond donors (Lipinski definition) is 2. The number of aliphatic hydroxyl groups is 1. The first-order valence-corrected chi connectivity index (χ1v) is 4.41. The fraction of sp³-hybridized carbons (Fsp3) is 0.300. The molecule has 1 aromatic rings. The van der Waals surface area contributed by atoms with E-state index in [-0.39, 0.29) is 6.61 Å². The molecule has 0 spiro atoms. The van der Waals surface area contributed by atoms with Crippen LogP contribution in [0.3, 0.4) is 0 Å². The highest BCUT2D eigenvalue weighted by Crippen LogP contribution is 2.05. The van der Waals surface area contributed by atoms with Crippen molar-refractivity contribution in [3.05, 3.63) is 30.1 Å². The summed E-state index contributed by atoms with van der Waals surface area (Å²) in [6, 6.07) is 3.68. The van der Waals surface area contributed by atoms with Crippen LogP contribution >= 0.6 is 0 Å². The van der Waals surface area contributed by atoms with Crippen LogP contribution in [-0.4, -0.2) is 27.4 Å². The smallest absolute Gasteiger partial charge is 0.328 e. The summed E-state index contributed by atoms with van der Waals surface area (Å²) in [6.45, 7) is 0.836. The van der Waals surface area contributed by atoms with E-state index >= 15 is 0 Å². The van der Waals surface area contributed by atoms with Gasteiger partial charge in [-0.15, -0.1) is 0 Å². The van der Waals surface area contributed by atoms with Crippen LogP contribution in [0.4, 0.5) is 0 Å². The van der Waals surface area contributed by atoms with E-state index in [1.165, 1.54) is 0 Å². The van der Waals surface area contributed by atoms with Crippen molar-refractivity contribution in [2.45, 2.75) is 13.0 Å². The number of aliphatic carboxylic acids is 1. The molecule has 76 valence electrons. The standard InChI is InChI=1S/C10H13NO3/c12-8-2-7-11-6-1-3-9(11)4-5-10(13)14/h1,3-6,12H,2,7-8H2,(H,13,14)/b5-4+. The van der Waals surface area contributed by atoms with Gasteiger partial charge in [0.1, 0.15) is 0 Å². The maximum atomic E-state index is 10.3. The quantitative estimate of drug-likeness (QED) is 0.688. The first kappa shape index (κ1) is 10.5. The van der Waals surface area contributed by atoms with Crippen molar-refractivity contribution < 1.29 is 15.0 Å². The van der Waals surface area contributed by atoms with Crippen molar-refractivity contribution in [1.29, 1.82) is 0 Å². The Morgan fingerprint density at radius 3 is 3.00 bits per heavy atom. The molecule has 0 aliphatic heterocycles. The SMILES string of the molecule is O=C(O)/C=C/c1cccn1CCCO. The minimum absolute atomic E-state index is 0.139. The van der Waals surface area contributed by atoms with Crippen molar-refractivity contribution in [2.24, 2.45) is 0 Å². The van der Waals surface area contributed by atoms with Gasteiger partial charge < -0.3 is 14.8 Å². The number of aryl methyl sites for hydroxylation is 1. The highest BCUT2D eigenvalue weighted by atomic mass is 16.4. The molecule has 0 fully saturated rings. The minimum atomic E-state index is -0.958. The molecule has 0 amide bonds. The Morgan fingerprint density at radius 1 is 1.57 bits per heavy atom. The lowest BCUT2D eigenvalue weighted by Gasteiger charge is -2.03. The number of aromatic nitrogens is 1. The van der Waals surface area contributed by atoms with Gasteiger partial charge in [0, 0.05) is 31.1 Å². The summed E-state index contributed by atoms with van der Waals surface area (Å²) in [5, 5.41) is 17.1. The van der Waals surface area contributed by atoms with E-state index in [9.17, 15) is 4.79 Å². The maximum Gasteiger partial charge on any atom is 0.328 e. The molecule has 2 N–H and O–H groups in total. The number of carboxylic acids is 1. The average molecular weight is 195 g/mol. The summed E-state index contributed by atoms with van der Waals surface area (Å²) in [5.41, 5.74) is 0.834. The molecule has 1 rings (SSSR count). The Bertz CT molecular complexity index is 328. The van der Waals surface area contributed by atoms with Gasteiger partial charge in [0.25, 0.3) is 0 Å². The number of nitrogens with zero attached hydrogens (tertiary/aromatic N) is 1. The van der Waals surface area contributed by atoms with Crippen LogP contribution in [0.15, 0.2) is 24.4 Å². The van der Waals surface area contributed by atoms with Crippen LogP contribution in [0.2, 0.25) is 0 Å². The molecule has 0 aliphatic rings. The second kappa shape index (κ2) is 5.24. The number of carbonyl (C=O) groups is 1. The molecular formula is C10H13NO3. The van der Waals surface area contributed by atoms with Gasteiger partial charge in [-0.3, -0.25) is 0 Å². The zero-order valence-corrected chi connectivity index (χ0v) is 7.76. The summed E-state index contributed by atoms with van der Waals surface area (Å²) in [5.74, 6) is -0.958. The Morgan fingerprint density at radius 2 is 2.36 bits per heavy atom. The molecule has 0 radical (unpaired) electrons. The Labute approximate surface area is 82.1 Å². The van der Waals surface area contributed by atoms with Crippen molar-refractivity contribution >= 4 is 12.0 Å². The lowest BCUT2D eigenvalue weighted by molar-refractivity contribution is -0.131. The molecule has 0 unspecified atom stereocenters. The van der Waals surface area contributed by atoms with E-state index in [4.69, 9.17) is 10.2 Å². The maximum absolute atomic E-state index is 10.3. The van der Waals surface area contributed by atoms with Crippen molar-refractivity contribution in [3.8, 4) is 0 Å². The van der Waals surface area contributed by atoms with Gasteiger partial charge in [0.05, 0.1) is 0 Å². The van der Waals surface area contributed by atoms with Crippen molar-refractivity contribution in [2.75, 3.05) is 6.61 Å². The lowest BCUT2D eigenvalue weighted by Crippen LogP contribution is -2.00. The van der Waals surface area contributed by atoms with E-state index in [0.29, 0.717) is 13.0 Å². The molecule has 0 saturated carbocycles. The van der Waals surface area contributed by atoms with Gasteiger partial charge in [-0.25, -0.2) is 4.79 Å². The zero-order valence-electron chi connectivity index (χ0n) is 7.76. The second-order valence-corrected chi connectivity index (χ2v) is 2.88. The summed E-state index contributed by atoms with van der Waals surface area (Å²) < 4.78 is 1.90. The number of carboxylic acid groups (broad SMARTS) is 1. The van der Waals surface area contributed by atoms with Crippen LogP contribution in [0.1, 0.15) is 12.1 Å². The number of hydrogen-bond acceptors (Lipinski definition) is 2. The van der Waals surface area contributed by atoms with Gasteiger partial charge in [-0.2, -0.15) is 0 Å². The van der Waals surface area contributed by atoms with Crippen LogP contribution in [0, 0.1) is 0 Å². The molecule has 0 bridgehead atoms. The molecule has 1 aromatic heterocycles. The van der Waals surface area contributed by atoms with Gasteiger partial charge in [0.15, 0.2) is 0 Å². The molecule has 0 saturated heterocycles. The molecule has 0 aromatic carbocycles. The number of aliphatic hydroxyl groups excluding tert-OH is 1.